The van der Waals surface area contributed by atoms with Crippen LogP contribution in [0.5, 0.6) is 0 Å². The van der Waals surface area contributed by atoms with Gasteiger partial charge in [-0.3, -0.25) is 62.0 Å². The number of aliphatic carboxylic acids is 1. The van der Waals surface area contributed by atoms with E-state index in [1.165, 1.54) is 82.8 Å². The first kappa shape index (κ1) is 74.4. The normalized spacial score (nSPS) is 17.9. The molecule has 2 aliphatic rings. The molecule has 2 fully saturated rings. The Morgan fingerprint density at radius 1 is 0.468 bits per heavy atom. The van der Waals surface area contributed by atoms with E-state index in [0.717, 1.165) is 67.2 Å². The number of carboxylic acid groups (broad SMARTS) is 1. The summed E-state index contributed by atoms with van der Waals surface area (Å²) in [6, 6.07) is -1.23. The maximum absolute atomic E-state index is 12.7. The summed E-state index contributed by atoms with van der Waals surface area (Å²) in [5, 5.41) is 13.4. The lowest BCUT2D eigenvalue weighted by molar-refractivity contribution is -0.209. The van der Waals surface area contributed by atoms with Crippen LogP contribution in [0.15, 0.2) is 50.6 Å². The van der Waals surface area contributed by atoms with Crippen LogP contribution in [0, 0.1) is 11.8 Å². The standard InChI is InChI=1S/C20H33N2O9P.C17H31NO4.C16H28NO7P/c1-5-18(23)21(29-3)16-12-15(13-17(14-16)22(30-4)19(24)6-2)20(25)31-10-8-7-9-11-32(26,27)28;1-3-16(19)18(22-2)15-13-11-9-7-5-4-6-8-10-12-14-17(20)21;1-3-15(18)17(23-2)14-9-7-8-13(12-14)16(19)24-10-5-4-6-11-25(20,21)22/h5-6,15-17H,1-2,7-14H2,3-4H3,(H2,26,27,28);3H,1,4-15H2,2H3,(H,20,21);3,13-14H,1,4-12H2,2H3,(H2,20,21,22). The van der Waals surface area contributed by atoms with Gasteiger partial charge in [-0.05, 0) is 114 Å². The molecule has 0 aliphatic heterocycles. The van der Waals surface area contributed by atoms with Gasteiger partial charge in [-0.15, -0.1) is 0 Å². The maximum Gasteiger partial charge on any atom is 0.325 e. The van der Waals surface area contributed by atoms with E-state index in [4.69, 9.17) is 53.5 Å². The fourth-order valence-corrected chi connectivity index (χ4v) is 10.3. The summed E-state index contributed by atoms with van der Waals surface area (Å²) in [7, 11) is -2.39. The molecule has 4 amide bonds. The van der Waals surface area contributed by atoms with Gasteiger partial charge in [0.15, 0.2) is 0 Å². The third kappa shape index (κ3) is 34.3. The molecule has 0 saturated heterocycles. The fraction of sp³-hybridized carbons (Fsp3) is 0.717. The van der Waals surface area contributed by atoms with Crippen LogP contribution >= 0.6 is 15.2 Å². The first-order chi connectivity index (χ1) is 37.5. The Kier molecular flexibility index (Phi) is 40.6. The second kappa shape index (κ2) is 43.2. The molecule has 0 aromatic carbocycles. The third-order valence-corrected chi connectivity index (χ3v) is 14.8. The monoisotopic (exact) mass is 1170 g/mol. The quantitative estimate of drug-likeness (QED) is 0.0131. The molecule has 2 rings (SSSR count). The molecule has 0 aromatic rings. The van der Waals surface area contributed by atoms with Crippen LogP contribution in [0.1, 0.15) is 154 Å². The smallest absolute Gasteiger partial charge is 0.325 e. The first-order valence-electron chi connectivity index (χ1n) is 27.1. The average Bonchev–Trinajstić information content (AvgIpc) is 3.41. The Balaban J connectivity index is 0.00000118. The number of hydroxylamine groups is 8. The molecule has 4 unspecified atom stereocenters. The summed E-state index contributed by atoms with van der Waals surface area (Å²) < 4.78 is 32.2. The van der Waals surface area contributed by atoms with E-state index in [0.29, 0.717) is 70.8 Å². The molecule has 0 heterocycles. The summed E-state index contributed by atoms with van der Waals surface area (Å²) in [4.78, 5) is 138. The predicted octanol–water partition coefficient (Wildman–Crippen LogP) is 7.52. The molecule has 2 saturated carbocycles. The molecule has 5 N–H and O–H groups in total. The van der Waals surface area contributed by atoms with Gasteiger partial charge in [0.25, 0.3) is 23.6 Å². The number of carboxylic acids is 1. The van der Waals surface area contributed by atoms with Crippen LogP contribution in [0.2, 0.25) is 0 Å². The number of amides is 4. The van der Waals surface area contributed by atoms with Gasteiger partial charge in [0.05, 0.1) is 71.6 Å². The van der Waals surface area contributed by atoms with Crippen LogP contribution in [0.4, 0.5) is 0 Å². The third-order valence-electron chi connectivity index (χ3n) is 13.0. The number of ether oxygens (including phenoxy) is 2. The van der Waals surface area contributed by atoms with Crippen molar-refractivity contribution in [3.63, 3.8) is 0 Å². The SMILES string of the molecule is C=CC(=O)N(CCCCCCCCCCCCC(=O)O)OC.C=CC(=O)N(OC)C1CC(C(=O)OCCCCCP(=O)(O)O)CC(N(OC)C(=O)C=C)C1.C=CC(=O)N(OC)C1CCCC(C(=O)OCCCCCP(=O)(O)O)C1. The van der Waals surface area contributed by atoms with Crippen molar-refractivity contribution < 1.29 is 96.2 Å². The van der Waals surface area contributed by atoms with Crippen molar-refractivity contribution in [3.8, 4) is 0 Å². The molecule has 0 aromatic heterocycles. The molecule has 454 valence electrons. The van der Waals surface area contributed by atoms with E-state index in [1.807, 2.05) is 0 Å². The fourth-order valence-electron chi connectivity index (χ4n) is 9.07. The van der Waals surface area contributed by atoms with Crippen LogP contribution in [-0.4, -0.2) is 165 Å². The van der Waals surface area contributed by atoms with Crippen molar-refractivity contribution in [1.29, 1.82) is 0 Å². The van der Waals surface area contributed by atoms with Gasteiger partial charge in [-0.25, -0.2) is 20.3 Å². The predicted molar refractivity (Wildman–Crippen MR) is 294 cm³/mol. The number of unbranched alkanes of at least 4 members (excludes halogenated alkanes) is 13. The Bertz CT molecular complexity index is 1930. The summed E-state index contributed by atoms with van der Waals surface area (Å²) in [5.41, 5.74) is 0. The van der Waals surface area contributed by atoms with Crippen LogP contribution in [0.25, 0.3) is 0 Å². The molecular weight excluding hydrogens is 1070 g/mol. The Morgan fingerprint density at radius 3 is 1.22 bits per heavy atom. The van der Waals surface area contributed by atoms with Crippen molar-refractivity contribution in [3.05, 3.63) is 50.6 Å². The lowest BCUT2D eigenvalue weighted by Gasteiger charge is -2.41. The van der Waals surface area contributed by atoms with E-state index in [2.05, 4.69) is 26.3 Å². The minimum atomic E-state index is -4.03. The molecule has 2 aliphatic carbocycles. The Labute approximate surface area is 467 Å². The number of nitrogens with zero attached hydrogens (tertiary/aromatic N) is 4. The van der Waals surface area contributed by atoms with Crippen molar-refractivity contribution >= 4 is 56.7 Å². The van der Waals surface area contributed by atoms with Crippen LogP contribution in [-0.2, 0) is 71.5 Å². The molecule has 26 heteroatoms. The second-order valence-electron chi connectivity index (χ2n) is 19.1. The number of hydrogen-bond donors (Lipinski definition) is 5. The molecule has 4 atom stereocenters. The number of rotatable bonds is 38. The van der Waals surface area contributed by atoms with Gasteiger partial charge >= 0.3 is 33.1 Å². The van der Waals surface area contributed by atoms with Gasteiger partial charge in [-0.2, -0.15) is 0 Å². The molecule has 0 radical (unpaired) electrons. The van der Waals surface area contributed by atoms with Crippen molar-refractivity contribution in [2.45, 2.75) is 172 Å². The van der Waals surface area contributed by atoms with Crippen LogP contribution in [0.3, 0.4) is 0 Å². The van der Waals surface area contributed by atoms with Crippen molar-refractivity contribution in [1.82, 2.24) is 20.3 Å². The zero-order valence-electron chi connectivity index (χ0n) is 47.1. The summed E-state index contributed by atoms with van der Waals surface area (Å²) in [6.07, 6.45) is 22.1. The Hall–Kier alpha value is -4.61. The highest BCUT2D eigenvalue weighted by Crippen LogP contribution is 2.37. The number of hydrogen-bond acceptors (Lipinski definition) is 15. The van der Waals surface area contributed by atoms with Crippen molar-refractivity contribution in [2.24, 2.45) is 11.8 Å². The molecule has 24 nitrogen and oxygen atoms in total. The first-order valence-corrected chi connectivity index (χ1v) is 30.7. The van der Waals surface area contributed by atoms with Gasteiger partial charge < -0.3 is 34.2 Å². The average molecular weight is 1170 g/mol. The van der Waals surface area contributed by atoms with E-state index in [9.17, 15) is 42.7 Å². The van der Waals surface area contributed by atoms with Gasteiger partial charge in [-0.1, -0.05) is 84.1 Å². The lowest BCUT2D eigenvalue weighted by Crippen LogP contribution is -2.51. The minimum Gasteiger partial charge on any atom is -0.481 e. The largest absolute Gasteiger partial charge is 0.481 e. The van der Waals surface area contributed by atoms with E-state index < -0.39 is 56.9 Å². The number of carbonyl (C=O) groups excluding carboxylic acids is 6. The van der Waals surface area contributed by atoms with E-state index >= 15 is 0 Å². The van der Waals surface area contributed by atoms with Crippen molar-refractivity contribution in [2.75, 3.05) is 60.5 Å². The molecule has 0 bridgehead atoms. The van der Waals surface area contributed by atoms with Gasteiger partial charge in [0.1, 0.15) is 0 Å². The number of carbonyl (C=O) groups is 7. The van der Waals surface area contributed by atoms with Gasteiger partial charge in [0, 0.05) is 25.3 Å². The second-order valence-corrected chi connectivity index (χ2v) is 22.7. The highest BCUT2D eigenvalue weighted by atomic mass is 31.2. The minimum absolute atomic E-state index is 0.102. The molecule has 0 spiro atoms. The molecule has 79 heavy (non-hydrogen) atoms. The molecular formula is C53H92N4O20P2. The van der Waals surface area contributed by atoms with E-state index in [1.54, 1.807) is 0 Å². The Morgan fingerprint density at radius 2 is 0.835 bits per heavy atom. The summed E-state index contributed by atoms with van der Waals surface area (Å²) >= 11 is 0. The van der Waals surface area contributed by atoms with Crippen LogP contribution < -0.4 is 0 Å². The zero-order chi connectivity index (χ0) is 59.8. The van der Waals surface area contributed by atoms with Gasteiger partial charge in [0.2, 0.25) is 0 Å². The zero-order valence-corrected chi connectivity index (χ0v) is 48.9. The number of esters is 2. The lowest BCUT2D eigenvalue weighted by atomic mass is 9.82. The topological polar surface area (TPSA) is 323 Å². The summed E-state index contributed by atoms with van der Waals surface area (Å²) in [6.45, 7) is 14.8. The highest BCUT2D eigenvalue weighted by molar-refractivity contribution is 7.52. The summed E-state index contributed by atoms with van der Waals surface area (Å²) in [5.74, 6) is -3.84. The maximum atomic E-state index is 12.7. The van der Waals surface area contributed by atoms with E-state index in [-0.39, 0.29) is 68.1 Å². The highest BCUT2D eigenvalue weighted by Gasteiger charge is 2.41.